The number of carbonyl (C=O) groups is 1. The molecule has 2 aromatic rings. The molecule has 6 nitrogen and oxygen atoms in total. The lowest BCUT2D eigenvalue weighted by Crippen LogP contribution is -2.32. The minimum Gasteiger partial charge on any atom is -0.493 e. The predicted octanol–water partition coefficient (Wildman–Crippen LogP) is 3.01. The van der Waals surface area contributed by atoms with Crippen molar-refractivity contribution in [1.82, 2.24) is 14.7 Å². The molecule has 1 atom stereocenters. The van der Waals surface area contributed by atoms with E-state index in [1.165, 1.54) is 25.3 Å². The molecule has 2 heterocycles. The van der Waals surface area contributed by atoms with Crippen LogP contribution in [0.4, 0.5) is 0 Å². The molecule has 0 spiro atoms. The van der Waals surface area contributed by atoms with Crippen LogP contribution in [0.3, 0.4) is 0 Å². The first-order valence-electron chi connectivity index (χ1n) is 9.25. The Morgan fingerprint density at radius 1 is 1.38 bits per heavy atom. The Labute approximate surface area is 154 Å². The van der Waals surface area contributed by atoms with Crippen molar-refractivity contribution in [3.63, 3.8) is 0 Å². The van der Waals surface area contributed by atoms with Gasteiger partial charge in [0.2, 0.25) is 0 Å². The van der Waals surface area contributed by atoms with E-state index in [9.17, 15) is 4.79 Å². The summed E-state index contributed by atoms with van der Waals surface area (Å²) >= 11 is 0. The number of rotatable bonds is 8. The van der Waals surface area contributed by atoms with E-state index in [0.29, 0.717) is 12.6 Å². The maximum Gasteiger partial charge on any atom is 0.302 e. The Balaban J connectivity index is 1.69. The summed E-state index contributed by atoms with van der Waals surface area (Å²) in [6, 6.07) is 8.64. The monoisotopic (exact) mass is 357 g/mol. The second-order valence-electron chi connectivity index (χ2n) is 6.65. The van der Waals surface area contributed by atoms with Crippen molar-refractivity contribution in [2.24, 2.45) is 0 Å². The van der Waals surface area contributed by atoms with Gasteiger partial charge in [-0.05, 0) is 50.1 Å². The molecule has 1 aromatic heterocycles. The van der Waals surface area contributed by atoms with Gasteiger partial charge in [-0.1, -0.05) is 6.07 Å². The van der Waals surface area contributed by atoms with Gasteiger partial charge in [0, 0.05) is 37.5 Å². The number of aromatic nitrogens is 2. The molecular formula is C20H27N3O3. The van der Waals surface area contributed by atoms with Crippen molar-refractivity contribution in [3.8, 4) is 5.75 Å². The quantitative estimate of drug-likeness (QED) is 0.680. The molecule has 1 fully saturated rings. The van der Waals surface area contributed by atoms with Gasteiger partial charge in [-0.3, -0.25) is 14.4 Å². The van der Waals surface area contributed by atoms with Crippen molar-refractivity contribution in [3.05, 3.63) is 47.8 Å². The molecule has 0 aliphatic carbocycles. The lowest BCUT2D eigenvalue weighted by atomic mass is 10.1. The summed E-state index contributed by atoms with van der Waals surface area (Å²) in [6.07, 6.45) is 6.25. The van der Waals surface area contributed by atoms with E-state index in [4.69, 9.17) is 9.47 Å². The molecule has 0 amide bonds. The minimum atomic E-state index is -0.281. The number of carbonyl (C=O) groups excluding carboxylic acids is 1. The van der Waals surface area contributed by atoms with Crippen LogP contribution in [0.2, 0.25) is 0 Å². The van der Waals surface area contributed by atoms with Gasteiger partial charge in [0.05, 0.1) is 13.2 Å². The van der Waals surface area contributed by atoms with Gasteiger partial charge in [-0.2, -0.15) is 5.10 Å². The second kappa shape index (κ2) is 8.85. The summed E-state index contributed by atoms with van der Waals surface area (Å²) in [5.74, 6) is 0.503. The summed E-state index contributed by atoms with van der Waals surface area (Å²) in [4.78, 5) is 13.7. The molecule has 1 saturated heterocycles. The Morgan fingerprint density at radius 3 is 3.00 bits per heavy atom. The topological polar surface area (TPSA) is 56.6 Å². The van der Waals surface area contributed by atoms with Crippen molar-refractivity contribution in [2.75, 3.05) is 13.2 Å². The van der Waals surface area contributed by atoms with E-state index < -0.39 is 0 Å². The van der Waals surface area contributed by atoms with Crippen LogP contribution < -0.4 is 4.74 Å². The van der Waals surface area contributed by atoms with Crippen LogP contribution in [0.1, 0.15) is 37.8 Å². The lowest BCUT2D eigenvalue weighted by molar-refractivity contribution is -0.142. The van der Waals surface area contributed by atoms with Crippen LogP contribution in [-0.2, 0) is 29.2 Å². The number of hydrogen-bond donors (Lipinski definition) is 0. The standard InChI is InChI=1S/C20H27N3O3/c1-3-25-20-8-7-17(12-18(20)15-26-16(2)24)13-22-10-4-6-19(22)14-23-11-5-9-21-23/h5,7-9,11-12,19H,3-4,6,10,13-15H2,1-2H3/t19-/m0/s1. The highest BCUT2D eigenvalue weighted by Crippen LogP contribution is 2.25. The molecule has 1 aromatic carbocycles. The third kappa shape index (κ3) is 4.85. The van der Waals surface area contributed by atoms with Gasteiger partial charge in [-0.25, -0.2) is 0 Å². The smallest absolute Gasteiger partial charge is 0.302 e. The molecule has 26 heavy (non-hydrogen) atoms. The second-order valence-corrected chi connectivity index (χ2v) is 6.65. The predicted molar refractivity (Wildman–Crippen MR) is 98.7 cm³/mol. The van der Waals surface area contributed by atoms with E-state index in [-0.39, 0.29) is 12.6 Å². The molecule has 140 valence electrons. The fourth-order valence-electron chi connectivity index (χ4n) is 3.49. The Morgan fingerprint density at radius 2 is 2.27 bits per heavy atom. The van der Waals surface area contributed by atoms with Gasteiger partial charge in [0.15, 0.2) is 0 Å². The molecule has 1 aliphatic heterocycles. The molecular weight excluding hydrogens is 330 g/mol. The third-order valence-corrected chi connectivity index (χ3v) is 4.70. The van der Waals surface area contributed by atoms with Crippen LogP contribution in [0.15, 0.2) is 36.7 Å². The Hall–Kier alpha value is -2.34. The average Bonchev–Trinajstić information content (AvgIpc) is 3.28. The minimum absolute atomic E-state index is 0.245. The maximum atomic E-state index is 11.2. The summed E-state index contributed by atoms with van der Waals surface area (Å²) in [5, 5.41) is 4.33. The fourth-order valence-corrected chi connectivity index (χ4v) is 3.49. The Kier molecular flexibility index (Phi) is 6.28. The van der Waals surface area contributed by atoms with Crippen LogP contribution >= 0.6 is 0 Å². The van der Waals surface area contributed by atoms with Crippen LogP contribution in [0.5, 0.6) is 5.75 Å². The number of ether oxygens (including phenoxy) is 2. The van der Waals surface area contributed by atoms with E-state index in [1.54, 1.807) is 0 Å². The number of hydrogen-bond acceptors (Lipinski definition) is 5. The van der Waals surface area contributed by atoms with Crippen molar-refractivity contribution in [2.45, 2.75) is 52.4 Å². The largest absolute Gasteiger partial charge is 0.493 e. The van der Waals surface area contributed by atoms with Crippen LogP contribution in [-0.4, -0.2) is 39.8 Å². The summed E-state index contributed by atoms with van der Waals surface area (Å²) in [5.41, 5.74) is 2.13. The Bertz CT molecular complexity index is 715. The third-order valence-electron chi connectivity index (χ3n) is 4.70. The van der Waals surface area contributed by atoms with Crippen molar-refractivity contribution in [1.29, 1.82) is 0 Å². The first-order valence-corrected chi connectivity index (χ1v) is 9.25. The summed E-state index contributed by atoms with van der Waals surface area (Å²) in [6.45, 7) is 7.11. The summed E-state index contributed by atoms with van der Waals surface area (Å²) in [7, 11) is 0. The number of nitrogens with zero attached hydrogens (tertiary/aromatic N) is 3. The molecule has 0 bridgehead atoms. The molecule has 0 N–H and O–H groups in total. The zero-order valence-corrected chi connectivity index (χ0v) is 15.6. The highest BCUT2D eigenvalue weighted by atomic mass is 16.5. The van der Waals surface area contributed by atoms with Crippen LogP contribution in [0.25, 0.3) is 0 Å². The molecule has 0 radical (unpaired) electrons. The number of benzene rings is 1. The molecule has 0 saturated carbocycles. The lowest BCUT2D eigenvalue weighted by Gasteiger charge is -2.25. The first-order chi connectivity index (χ1) is 12.7. The van der Waals surface area contributed by atoms with Gasteiger partial charge >= 0.3 is 5.97 Å². The van der Waals surface area contributed by atoms with E-state index in [0.717, 1.165) is 30.9 Å². The zero-order valence-electron chi connectivity index (χ0n) is 15.6. The SMILES string of the molecule is CCOc1ccc(CN2CCC[C@H]2Cn2cccn2)cc1COC(C)=O. The summed E-state index contributed by atoms with van der Waals surface area (Å²) < 4.78 is 12.9. The van der Waals surface area contributed by atoms with E-state index >= 15 is 0 Å². The van der Waals surface area contributed by atoms with Gasteiger partial charge in [-0.15, -0.1) is 0 Å². The molecule has 0 unspecified atom stereocenters. The van der Waals surface area contributed by atoms with E-state index in [1.807, 2.05) is 36.1 Å². The normalized spacial score (nSPS) is 17.4. The average molecular weight is 357 g/mol. The number of likely N-dealkylation sites (tertiary alicyclic amines) is 1. The maximum absolute atomic E-state index is 11.2. The van der Waals surface area contributed by atoms with Gasteiger partial charge < -0.3 is 9.47 Å². The van der Waals surface area contributed by atoms with Gasteiger partial charge in [0.25, 0.3) is 0 Å². The highest BCUT2D eigenvalue weighted by Gasteiger charge is 2.25. The van der Waals surface area contributed by atoms with E-state index in [2.05, 4.69) is 22.1 Å². The highest BCUT2D eigenvalue weighted by molar-refractivity contribution is 5.66. The fraction of sp³-hybridized carbons (Fsp3) is 0.500. The number of esters is 1. The van der Waals surface area contributed by atoms with Crippen molar-refractivity contribution < 1.29 is 14.3 Å². The van der Waals surface area contributed by atoms with Crippen LogP contribution in [0, 0.1) is 0 Å². The molecule has 6 heteroatoms. The van der Waals surface area contributed by atoms with Gasteiger partial charge in [0.1, 0.15) is 12.4 Å². The molecule has 1 aliphatic rings. The van der Waals surface area contributed by atoms with Crippen molar-refractivity contribution >= 4 is 5.97 Å². The molecule has 3 rings (SSSR count). The first kappa shape index (κ1) is 18.5. The zero-order chi connectivity index (χ0) is 18.4.